The van der Waals surface area contributed by atoms with Gasteiger partial charge in [0.05, 0.1) is 5.56 Å². The van der Waals surface area contributed by atoms with Gasteiger partial charge in [-0.1, -0.05) is 0 Å². The van der Waals surface area contributed by atoms with Crippen LogP contribution in [0, 0.1) is 6.92 Å². The maximum Gasteiger partial charge on any atom is 0.329 e. The third kappa shape index (κ3) is 3.11. The molecule has 0 aliphatic rings. The minimum Gasteiger partial charge on any atom is -0.480 e. The summed E-state index contributed by atoms with van der Waals surface area (Å²) in [4.78, 5) is 14.3. The number of aryl methyl sites for hydroxylation is 1. The molecule has 0 spiro atoms. The summed E-state index contributed by atoms with van der Waals surface area (Å²) in [5.41, 5.74) is 1.70. The molecule has 0 atom stereocenters. The third-order valence-electron chi connectivity index (χ3n) is 2.04. The molecule has 0 aromatic carbocycles. The predicted octanol–water partition coefficient (Wildman–Crippen LogP) is 1.04. The lowest BCUT2D eigenvalue weighted by atomic mass is 10.2. The van der Waals surface area contributed by atoms with E-state index in [9.17, 15) is 4.79 Å². The molecule has 0 saturated carbocycles. The van der Waals surface area contributed by atoms with Crippen LogP contribution in [0.25, 0.3) is 11.5 Å². The Kier molecular flexibility index (Phi) is 3.63. The van der Waals surface area contributed by atoms with Crippen molar-refractivity contribution in [2.24, 2.45) is 0 Å². The molecule has 0 bridgehead atoms. The average Bonchev–Trinajstić information content (AvgIpc) is 2.77. The molecule has 2 aromatic rings. The largest absolute Gasteiger partial charge is 0.480 e. The SMILES string of the molecule is Cc1cncc(-c2nnc(COCC(=O)O)o2)c1. The van der Waals surface area contributed by atoms with E-state index in [-0.39, 0.29) is 12.5 Å². The van der Waals surface area contributed by atoms with Gasteiger partial charge in [0, 0.05) is 12.4 Å². The van der Waals surface area contributed by atoms with E-state index < -0.39 is 12.6 Å². The van der Waals surface area contributed by atoms with Crippen molar-refractivity contribution in [3.63, 3.8) is 0 Å². The highest BCUT2D eigenvalue weighted by atomic mass is 16.5. The zero-order valence-corrected chi connectivity index (χ0v) is 9.66. The molecule has 2 aromatic heterocycles. The van der Waals surface area contributed by atoms with E-state index in [2.05, 4.69) is 15.2 Å². The number of nitrogens with zero attached hydrogens (tertiary/aromatic N) is 3. The van der Waals surface area contributed by atoms with Crippen LogP contribution in [0.4, 0.5) is 0 Å². The van der Waals surface area contributed by atoms with Gasteiger partial charge in [-0.3, -0.25) is 4.98 Å². The number of hydrogen-bond donors (Lipinski definition) is 1. The molecular weight excluding hydrogens is 238 g/mol. The van der Waals surface area contributed by atoms with Gasteiger partial charge in [-0.15, -0.1) is 10.2 Å². The van der Waals surface area contributed by atoms with Gasteiger partial charge in [-0.2, -0.15) is 0 Å². The Bertz CT molecular complexity index is 553. The molecule has 2 rings (SSSR count). The minimum absolute atomic E-state index is 0.0292. The third-order valence-corrected chi connectivity index (χ3v) is 2.04. The normalized spacial score (nSPS) is 10.5. The maximum absolute atomic E-state index is 10.3. The summed E-state index contributed by atoms with van der Waals surface area (Å²) < 4.78 is 10.2. The number of carboxylic acids is 1. The summed E-state index contributed by atoms with van der Waals surface area (Å²) in [6.45, 7) is 1.48. The molecular formula is C11H11N3O4. The highest BCUT2D eigenvalue weighted by Crippen LogP contribution is 2.17. The molecule has 18 heavy (non-hydrogen) atoms. The smallest absolute Gasteiger partial charge is 0.329 e. The van der Waals surface area contributed by atoms with Gasteiger partial charge >= 0.3 is 5.97 Å². The van der Waals surface area contributed by atoms with Gasteiger partial charge in [-0.05, 0) is 18.6 Å². The van der Waals surface area contributed by atoms with Gasteiger partial charge in [-0.25, -0.2) is 4.79 Å². The van der Waals surface area contributed by atoms with Gasteiger partial charge < -0.3 is 14.3 Å². The average molecular weight is 249 g/mol. The number of aliphatic carboxylic acids is 1. The number of carboxylic acid groups (broad SMARTS) is 1. The van der Waals surface area contributed by atoms with Crippen LogP contribution in [0.1, 0.15) is 11.5 Å². The van der Waals surface area contributed by atoms with Crippen molar-refractivity contribution in [2.75, 3.05) is 6.61 Å². The molecule has 0 amide bonds. The molecule has 0 saturated heterocycles. The van der Waals surface area contributed by atoms with Crippen molar-refractivity contribution in [3.05, 3.63) is 29.9 Å². The quantitative estimate of drug-likeness (QED) is 0.845. The van der Waals surface area contributed by atoms with E-state index in [1.54, 1.807) is 12.4 Å². The van der Waals surface area contributed by atoms with Crippen molar-refractivity contribution >= 4 is 5.97 Å². The number of ether oxygens (including phenoxy) is 1. The fourth-order valence-corrected chi connectivity index (χ4v) is 1.33. The molecule has 0 radical (unpaired) electrons. The van der Waals surface area contributed by atoms with E-state index in [1.807, 2.05) is 13.0 Å². The summed E-state index contributed by atoms with van der Waals surface area (Å²) in [6, 6.07) is 1.86. The lowest BCUT2D eigenvalue weighted by molar-refractivity contribution is -0.142. The molecule has 7 nitrogen and oxygen atoms in total. The summed E-state index contributed by atoms with van der Waals surface area (Å²) in [5.74, 6) is -0.481. The second-order valence-corrected chi connectivity index (χ2v) is 3.64. The van der Waals surface area contributed by atoms with E-state index in [1.165, 1.54) is 0 Å². The first-order chi connectivity index (χ1) is 8.65. The molecule has 2 heterocycles. The molecule has 0 unspecified atom stereocenters. The van der Waals surface area contributed by atoms with Crippen molar-refractivity contribution in [1.82, 2.24) is 15.2 Å². The summed E-state index contributed by atoms with van der Waals surface area (Å²) in [7, 11) is 0. The molecule has 94 valence electrons. The second kappa shape index (κ2) is 5.37. The number of rotatable bonds is 5. The van der Waals surface area contributed by atoms with Crippen LogP contribution in [0.3, 0.4) is 0 Å². The van der Waals surface area contributed by atoms with Gasteiger partial charge in [0.1, 0.15) is 13.2 Å². The number of carbonyl (C=O) groups is 1. The van der Waals surface area contributed by atoms with Crippen LogP contribution in [-0.4, -0.2) is 32.9 Å². The Morgan fingerprint density at radius 1 is 1.44 bits per heavy atom. The minimum atomic E-state index is -1.04. The van der Waals surface area contributed by atoms with Crippen molar-refractivity contribution in [3.8, 4) is 11.5 Å². The van der Waals surface area contributed by atoms with E-state index in [0.717, 1.165) is 5.56 Å². The van der Waals surface area contributed by atoms with Gasteiger partial charge in [0.25, 0.3) is 0 Å². The Morgan fingerprint density at radius 2 is 2.28 bits per heavy atom. The summed E-state index contributed by atoms with van der Waals surface area (Å²) in [5, 5.41) is 16.0. The van der Waals surface area contributed by atoms with Crippen molar-refractivity contribution in [1.29, 1.82) is 0 Å². The molecule has 0 fully saturated rings. The van der Waals surface area contributed by atoms with Crippen molar-refractivity contribution in [2.45, 2.75) is 13.5 Å². The van der Waals surface area contributed by atoms with Gasteiger partial charge in [0.15, 0.2) is 0 Å². The van der Waals surface area contributed by atoms with Crippen LogP contribution in [0.15, 0.2) is 22.9 Å². The van der Waals surface area contributed by atoms with Crippen LogP contribution in [0.5, 0.6) is 0 Å². The highest BCUT2D eigenvalue weighted by Gasteiger charge is 2.09. The van der Waals surface area contributed by atoms with E-state index >= 15 is 0 Å². The van der Waals surface area contributed by atoms with E-state index in [0.29, 0.717) is 11.5 Å². The van der Waals surface area contributed by atoms with E-state index in [4.69, 9.17) is 14.3 Å². The maximum atomic E-state index is 10.3. The lowest BCUT2D eigenvalue weighted by Gasteiger charge is -1.96. The Hall–Kier alpha value is -2.28. The molecule has 0 aliphatic carbocycles. The predicted molar refractivity (Wildman–Crippen MR) is 59.6 cm³/mol. The first-order valence-electron chi connectivity index (χ1n) is 5.19. The molecule has 1 N–H and O–H groups in total. The van der Waals surface area contributed by atoms with Crippen LogP contribution in [-0.2, 0) is 16.1 Å². The monoisotopic (exact) mass is 249 g/mol. The fourth-order valence-electron chi connectivity index (χ4n) is 1.33. The Morgan fingerprint density at radius 3 is 3.00 bits per heavy atom. The number of pyridine rings is 1. The van der Waals surface area contributed by atoms with Crippen LogP contribution < -0.4 is 0 Å². The molecule has 7 heteroatoms. The number of aromatic nitrogens is 3. The fraction of sp³-hybridized carbons (Fsp3) is 0.273. The zero-order chi connectivity index (χ0) is 13.0. The second-order valence-electron chi connectivity index (χ2n) is 3.64. The first-order valence-corrected chi connectivity index (χ1v) is 5.19. The first kappa shape index (κ1) is 12.2. The molecule has 0 aliphatic heterocycles. The lowest BCUT2D eigenvalue weighted by Crippen LogP contribution is -2.06. The zero-order valence-electron chi connectivity index (χ0n) is 9.66. The topological polar surface area (TPSA) is 98.3 Å². The Labute approximate surface area is 102 Å². The summed E-state index contributed by atoms with van der Waals surface area (Å²) >= 11 is 0. The number of hydrogen-bond acceptors (Lipinski definition) is 6. The highest BCUT2D eigenvalue weighted by molar-refractivity contribution is 5.67. The Balaban J connectivity index is 2.04. The van der Waals surface area contributed by atoms with Gasteiger partial charge in [0.2, 0.25) is 11.8 Å². The van der Waals surface area contributed by atoms with Crippen LogP contribution >= 0.6 is 0 Å². The standard InChI is InChI=1S/C11H11N3O4/c1-7-2-8(4-12-3-7)11-14-13-9(18-11)5-17-6-10(15)16/h2-4H,5-6H2,1H3,(H,15,16). The van der Waals surface area contributed by atoms with Crippen LogP contribution in [0.2, 0.25) is 0 Å². The summed E-state index contributed by atoms with van der Waals surface area (Å²) in [6.07, 6.45) is 3.33. The van der Waals surface area contributed by atoms with Crippen molar-refractivity contribution < 1.29 is 19.1 Å².